The second-order valence-corrected chi connectivity index (χ2v) is 15.4. The first-order valence-electron chi connectivity index (χ1n) is 15.1. The maximum absolute atomic E-state index is 5.09. The minimum absolute atomic E-state index is 0.666. The van der Waals surface area contributed by atoms with E-state index in [2.05, 4.69) is 42.4 Å². The summed E-state index contributed by atoms with van der Waals surface area (Å²) in [6, 6.07) is 0. The molecule has 0 aromatic rings. The molecule has 33 heavy (non-hydrogen) atoms. The fourth-order valence-electron chi connectivity index (χ4n) is 6.41. The van der Waals surface area contributed by atoms with E-state index in [4.69, 9.17) is 12.6 Å². The Morgan fingerprint density at radius 3 is 2.15 bits per heavy atom. The van der Waals surface area contributed by atoms with Gasteiger partial charge in [-0.2, -0.15) is 12.6 Å². The molecule has 0 nitrogen and oxygen atoms in total. The van der Waals surface area contributed by atoms with Gasteiger partial charge in [0.1, 0.15) is 0 Å². The Labute approximate surface area is 222 Å². The van der Waals surface area contributed by atoms with Crippen molar-refractivity contribution in [3.05, 3.63) is 0 Å². The molecule has 0 aromatic carbocycles. The van der Waals surface area contributed by atoms with Gasteiger partial charge in [0, 0.05) is 5.25 Å². The van der Waals surface area contributed by atoms with Gasteiger partial charge in [-0.3, -0.25) is 0 Å². The van der Waals surface area contributed by atoms with Crippen LogP contribution in [0.4, 0.5) is 0 Å². The van der Waals surface area contributed by atoms with Gasteiger partial charge in [-0.25, -0.2) is 0 Å². The molecule has 0 spiro atoms. The van der Waals surface area contributed by atoms with Crippen molar-refractivity contribution in [1.29, 1.82) is 0 Å². The zero-order chi connectivity index (χ0) is 23.7. The molecule has 0 N–H and O–H groups in total. The third-order valence-electron chi connectivity index (χ3n) is 8.58. The van der Waals surface area contributed by atoms with Crippen molar-refractivity contribution < 1.29 is 0 Å². The molecule has 2 rings (SSSR count). The first-order chi connectivity index (χ1) is 16.1. The maximum atomic E-state index is 5.09. The van der Waals surface area contributed by atoms with Crippen molar-refractivity contribution in [2.75, 3.05) is 0 Å². The van der Waals surface area contributed by atoms with Gasteiger partial charge in [-0.15, -0.1) is 0 Å². The second kappa shape index (κ2) is 19.2. The molecule has 1 aliphatic carbocycles. The van der Waals surface area contributed by atoms with Gasteiger partial charge in [-0.1, -0.05) is 152 Å². The van der Waals surface area contributed by atoms with Gasteiger partial charge < -0.3 is 0 Å². The number of unbranched alkanes of at least 4 members (excludes halogenated alkanes) is 3. The zero-order valence-corrected chi connectivity index (χ0v) is 25.1. The van der Waals surface area contributed by atoms with Crippen LogP contribution in [-0.2, 0) is 0 Å². The summed E-state index contributed by atoms with van der Waals surface area (Å²) < 4.78 is 0.943. The summed E-state index contributed by atoms with van der Waals surface area (Å²) in [6.07, 6.45) is 30.4. The van der Waals surface area contributed by atoms with E-state index in [1.54, 1.807) is 0 Å². The molecule has 1 aliphatic heterocycles. The number of thiol groups is 1. The lowest BCUT2D eigenvalue weighted by Crippen LogP contribution is -2.17. The number of rotatable bonds is 17. The van der Waals surface area contributed by atoms with E-state index >= 15 is 0 Å². The van der Waals surface area contributed by atoms with E-state index in [1.807, 2.05) is 0 Å². The Bertz CT molecular complexity index is 450. The molecule has 1 saturated heterocycles. The van der Waals surface area contributed by atoms with Crippen LogP contribution >= 0.6 is 34.2 Å². The summed E-state index contributed by atoms with van der Waals surface area (Å²) in [5.74, 6) is 3.84. The summed E-state index contributed by atoms with van der Waals surface area (Å²) in [7, 11) is 4.26. The van der Waals surface area contributed by atoms with Crippen molar-refractivity contribution >= 4 is 34.2 Å². The molecular weight excluding hydrogens is 457 g/mol. The van der Waals surface area contributed by atoms with Crippen molar-refractivity contribution in [3.8, 4) is 0 Å². The van der Waals surface area contributed by atoms with E-state index in [-0.39, 0.29) is 0 Å². The summed E-state index contributed by atoms with van der Waals surface area (Å²) in [4.78, 5) is 0. The van der Waals surface area contributed by atoms with Crippen molar-refractivity contribution in [2.45, 2.75) is 165 Å². The van der Waals surface area contributed by atoms with Crippen LogP contribution in [0, 0.1) is 23.7 Å². The molecule has 196 valence electrons. The highest BCUT2D eigenvalue weighted by atomic mass is 33.2. The summed E-state index contributed by atoms with van der Waals surface area (Å²) >= 11 is 5.09. The Balaban J connectivity index is 1.61. The van der Waals surface area contributed by atoms with Gasteiger partial charge in [0.05, 0.1) is 4.58 Å². The lowest BCUT2D eigenvalue weighted by Gasteiger charge is -2.27. The minimum atomic E-state index is 0.666. The second-order valence-electron chi connectivity index (χ2n) is 11.7. The smallest absolute Gasteiger partial charge is 0.0713 e. The predicted octanol–water partition coefficient (Wildman–Crippen LogP) is 11.7. The van der Waals surface area contributed by atoms with Crippen molar-refractivity contribution in [2.24, 2.45) is 23.7 Å². The highest BCUT2D eigenvalue weighted by molar-refractivity contribution is 8.92. The Kier molecular flexibility index (Phi) is 17.6. The minimum Gasteiger partial charge on any atom is -0.176 e. The lowest BCUT2D eigenvalue weighted by atomic mass is 9.83. The molecule has 0 aromatic heterocycles. The van der Waals surface area contributed by atoms with Crippen molar-refractivity contribution in [1.82, 2.24) is 0 Å². The average molecular weight is 515 g/mol. The van der Waals surface area contributed by atoms with Gasteiger partial charge >= 0.3 is 0 Å². The molecule has 3 heteroatoms. The van der Waals surface area contributed by atoms with Crippen LogP contribution < -0.4 is 0 Å². The standard InChI is InChI=1S/C30H58S3/c1-4-14-25(3)16-9-10-19-27(24-30-32-33-30)18-7-6-8-21-28-22-13-20-26(15-5-2)17-11-12-23-29(28)31/h25-31H,4-24H2,1-3H3/t25?,26?,27?,28?,29-/m1/s1. The van der Waals surface area contributed by atoms with Crippen LogP contribution in [0.25, 0.3) is 0 Å². The monoisotopic (exact) mass is 514 g/mol. The van der Waals surface area contributed by atoms with Gasteiger partial charge in [0.2, 0.25) is 0 Å². The van der Waals surface area contributed by atoms with Gasteiger partial charge in [-0.05, 0) is 49.4 Å². The highest BCUT2D eigenvalue weighted by Gasteiger charge is 2.27. The molecule has 1 heterocycles. The van der Waals surface area contributed by atoms with Gasteiger partial charge in [0.15, 0.2) is 0 Å². The molecule has 0 radical (unpaired) electrons. The summed E-state index contributed by atoms with van der Waals surface area (Å²) in [6.45, 7) is 7.15. The van der Waals surface area contributed by atoms with Crippen molar-refractivity contribution in [3.63, 3.8) is 0 Å². The summed E-state index contributed by atoms with van der Waals surface area (Å²) in [5, 5.41) is 0.666. The molecule has 1 saturated carbocycles. The fraction of sp³-hybridized carbons (Fsp3) is 1.00. The maximum Gasteiger partial charge on any atom is 0.0713 e. The fourth-order valence-corrected chi connectivity index (χ4v) is 8.38. The molecule has 0 amide bonds. The van der Waals surface area contributed by atoms with Crippen LogP contribution in [0.3, 0.4) is 0 Å². The molecule has 5 atom stereocenters. The normalized spacial score (nSPS) is 26.7. The largest absolute Gasteiger partial charge is 0.176 e. The lowest BCUT2D eigenvalue weighted by molar-refractivity contribution is 0.316. The Morgan fingerprint density at radius 2 is 1.42 bits per heavy atom. The van der Waals surface area contributed by atoms with E-state index in [0.29, 0.717) is 5.25 Å². The van der Waals surface area contributed by atoms with Gasteiger partial charge in [0.25, 0.3) is 0 Å². The van der Waals surface area contributed by atoms with E-state index < -0.39 is 0 Å². The Morgan fingerprint density at radius 1 is 0.727 bits per heavy atom. The molecule has 0 bridgehead atoms. The molecule has 4 unspecified atom stereocenters. The molecular formula is C30H58S3. The van der Waals surface area contributed by atoms with Crippen LogP contribution in [0.2, 0.25) is 0 Å². The quantitative estimate of drug-likeness (QED) is 0.0886. The number of hydrogen-bond acceptors (Lipinski definition) is 3. The zero-order valence-electron chi connectivity index (χ0n) is 22.6. The first-order valence-corrected chi connectivity index (χ1v) is 17.9. The third-order valence-corrected chi connectivity index (χ3v) is 11.5. The average Bonchev–Trinajstić information content (AvgIpc) is 3.61. The third kappa shape index (κ3) is 15.0. The van der Waals surface area contributed by atoms with E-state index in [1.165, 1.54) is 135 Å². The van der Waals surface area contributed by atoms with E-state index in [0.717, 1.165) is 28.3 Å². The van der Waals surface area contributed by atoms with Crippen LogP contribution in [0.5, 0.6) is 0 Å². The summed E-state index contributed by atoms with van der Waals surface area (Å²) in [5.41, 5.74) is 0. The topological polar surface area (TPSA) is 0 Å². The number of hydrogen-bond donors (Lipinski definition) is 1. The molecule has 2 fully saturated rings. The molecule has 2 aliphatic rings. The predicted molar refractivity (Wildman–Crippen MR) is 160 cm³/mol. The van der Waals surface area contributed by atoms with E-state index in [9.17, 15) is 0 Å². The first kappa shape index (κ1) is 30.3. The Hall–Kier alpha value is 1.05. The van der Waals surface area contributed by atoms with Crippen LogP contribution in [-0.4, -0.2) is 9.83 Å². The van der Waals surface area contributed by atoms with Crippen LogP contribution in [0.1, 0.15) is 156 Å². The SMILES string of the molecule is CCCC(C)CCCCC(CCCCCC1CCCC(CCC)CCCC[C@H]1S)CC1SS1. The van der Waals surface area contributed by atoms with Crippen LogP contribution in [0.15, 0.2) is 0 Å². The highest BCUT2D eigenvalue weighted by Crippen LogP contribution is 2.56.